The average Bonchev–Trinajstić information content (AvgIpc) is 3.60. The van der Waals surface area contributed by atoms with E-state index in [0.717, 1.165) is 5.69 Å². The van der Waals surface area contributed by atoms with Crippen LogP contribution in [0.3, 0.4) is 0 Å². The van der Waals surface area contributed by atoms with Crippen molar-refractivity contribution in [2.24, 2.45) is 0 Å². The number of anilines is 3. The highest BCUT2D eigenvalue weighted by Gasteiger charge is 2.37. The van der Waals surface area contributed by atoms with Crippen molar-refractivity contribution < 1.29 is 0 Å². The fourth-order valence-electron chi connectivity index (χ4n) is 10.1. The summed E-state index contributed by atoms with van der Waals surface area (Å²) in [6, 6.07) is 65.8. The third kappa shape index (κ3) is 4.53. The van der Waals surface area contributed by atoms with Crippen molar-refractivity contribution in [3.8, 4) is 33.4 Å². The second kappa shape index (κ2) is 11.5. The van der Waals surface area contributed by atoms with Gasteiger partial charge in [0.2, 0.25) is 0 Å². The van der Waals surface area contributed by atoms with Gasteiger partial charge in [-0.1, -0.05) is 167 Å². The molecule has 0 radical (unpaired) electrons. The second-order valence-electron chi connectivity index (χ2n) is 16.5. The molecule has 9 aromatic carbocycles. The molecule has 0 N–H and O–H groups in total. The minimum absolute atomic E-state index is 0.0969. The maximum atomic E-state index is 2.47. The molecule has 0 atom stereocenters. The van der Waals surface area contributed by atoms with Gasteiger partial charge < -0.3 is 4.90 Å². The molecule has 2 aliphatic rings. The summed E-state index contributed by atoms with van der Waals surface area (Å²) < 4.78 is 0. The van der Waals surface area contributed by atoms with Crippen molar-refractivity contribution in [2.45, 2.75) is 38.5 Å². The quantitative estimate of drug-likeness (QED) is 0.165. The minimum Gasteiger partial charge on any atom is -0.310 e. The van der Waals surface area contributed by atoms with Gasteiger partial charge >= 0.3 is 0 Å². The van der Waals surface area contributed by atoms with Crippen molar-refractivity contribution in [3.63, 3.8) is 0 Å². The zero-order chi connectivity index (χ0) is 37.1. The molecule has 0 saturated carbocycles. The van der Waals surface area contributed by atoms with Crippen LogP contribution in [0.15, 0.2) is 176 Å². The highest BCUT2D eigenvalue weighted by Crippen LogP contribution is 2.53. The topological polar surface area (TPSA) is 3.24 Å². The van der Waals surface area contributed by atoms with Gasteiger partial charge in [-0.05, 0) is 124 Å². The summed E-state index contributed by atoms with van der Waals surface area (Å²) in [5.41, 5.74) is 16.6. The molecular formula is C54H41N. The number of nitrogens with zero attached hydrogens (tertiary/aromatic N) is 1. The molecule has 0 aliphatic heterocycles. The third-order valence-electron chi connectivity index (χ3n) is 12.9. The Morgan fingerprint density at radius 2 is 0.691 bits per heavy atom. The molecule has 11 rings (SSSR count). The van der Waals surface area contributed by atoms with Gasteiger partial charge in [0.15, 0.2) is 0 Å². The van der Waals surface area contributed by atoms with Crippen LogP contribution in [0.2, 0.25) is 0 Å². The molecule has 0 amide bonds. The predicted octanol–water partition coefficient (Wildman–Crippen LogP) is 14.9. The second-order valence-corrected chi connectivity index (χ2v) is 16.5. The van der Waals surface area contributed by atoms with Gasteiger partial charge in [0.25, 0.3) is 0 Å². The summed E-state index contributed by atoms with van der Waals surface area (Å²) in [5, 5.41) is 7.78. The van der Waals surface area contributed by atoms with E-state index in [-0.39, 0.29) is 10.8 Å². The molecule has 9 aromatic rings. The highest BCUT2D eigenvalue weighted by atomic mass is 15.1. The molecule has 0 aromatic heterocycles. The lowest BCUT2D eigenvalue weighted by atomic mass is 9.82. The Morgan fingerprint density at radius 3 is 1.22 bits per heavy atom. The van der Waals surface area contributed by atoms with Crippen molar-refractivity contribution in [2.75, 3.05) is 4.90 Å². The van der Waals surface area contributed by atoms with Gasteiger partial charge in [0.1, 0.15) is 0 Å². The predicted molar refractivity (Wildman–Crippen MR) is 234 cm³/mol. The van der Waals surface area contributed by atoms with Gasteiger partial charge in [-0.3, -0.25) is 0 Å². The van der Waals surface area contributed by atoms with Gasteiger partial charge in [-0.2, -0.15) is 0 Å². The Hall–Kier alpha value is -6.44. The van der Waals surface area contributed by atoms with E-state index in [1.165, 1.54) is 99.3 Å². The average molecular weight is 704 g/mol. The highest BCUT2D eigenvalue weighted by molar-refractivity contribution is 6.28. The van der Waals surface area contributed by atoms with E-state index < -0.39 is 0 Å². The Labute approximate surface area is 323 Å². The van der Waals surface area contributed by atoms with Crippen molar-refractivity contribution in [3.05, 3.63) is 198 Å². The monoisotopic (exact) mass is 703 g/mol. The molecule has 0 fully saturated rings. The molecule has 0 heterocycles. The molecule has 0 bridgehead atoms. The van der Waals surface area contributed by atoms with Crippen molar-refractivity contribution in [1.82, 2.24) is 0 Å². The van der Waals surface area contributed by atoms with Crippen LogP contribution < -0.4 is 4.90 Å². The summed E-state index contributed by atoms with van der Waals surface area (Å²) in [5.74, 6) is 0. The van der Waals surface area contributed by atoms with E-state index >= 15 is 0 Å². The van der Waals surface area contributed by atoms with Crippen LogP contribution in [0.1, 0.15) is 49.9 Å². The van der Waals surface area contributed by atoms with E-state index in [9.17, 15) is 0 Å². The largest absolute Gasteiger partial charge is 0.310 e. The van der Waals surface area contributed by atoms with Crippen LogP contribution in [-0.4, -0.2) is 0 Å². The van der Waals surface area contributed by atoms with Crippen molar-refractivity contribution in [1.29, 1.82) is 0 Å². The van der Waals surface area contributed by atoms with Gasteiger partial charge in [-0.15, -0.1) is 0 Å². The first kappa shape index (κ1) is 32.0. The number of fused-ring (bicyclic) bond motifs is 12. The Balaban J connectivity index is 1.09. The fraction of sp³-hybridized carbons (Fsp3) is 0.111. The Kier molecular flexibility index (Phi) is 6.72. The molecular weight excluding hydrogens is 663 g/mol. The molecule has 0 unspecified atom stereocenters. The number of hydrogen-bond donors (Lipinski definition) is 0. The molecule has 2 aliphatic carbocycles. The van der Waals surface area contributed by atoms with Gasteiger partial charge in [-0.25, -0.2) is 0 Å². The Morgan fingerprint density at radius 1 is 0.309 bits per heavy atom. The molecule has 1 heteroatoms. The summed E-state index contributed by atoms with van der Waals surface area (Å²) in [4.78, 5) is 2.47. The number of hydrogen-bond acceptors (Lipinski definition) is 1. The van der Waals surface area contributed by atoms with Crippen LogP contribution in [0, 0.1) is 0 Å². The zero-order valence-corrected chi connectivity index (χ0v) is 31.7. The van der Waals surface area contributed by atoms with E-state index in [2.05, 4.69) is 209 Å². The molecule has 0 saturated heterocycles. The van der Waals surface area contributed by atoms with Crippen molar-refractivity contribution >= 4 is 49.4 Å². The lowest BCUT2D eigenvalue weighted by molar-refractivity contribution is 0.660. The first-order chi connectivity index (χ1) is 26.8. The lowest BCUT2D eigenvalue weighted by Gasteiger charge is -2.30. The molecule has 0 spiro atoms. The van der Waals surface area contributed by atoms with Crippen LogP contribution in [0.4, 0.5) is 17.1 Å². The summed E-state index contributed by atoms with van der Waals surface area (Å²) in [6.45, 7) is 9.47. The summed E-state index contributed by atoms with van der Waals surface area (Å²) in [7, 11) is 0. The van der Waals surface area contributed by atoms with E-state index in [0.29, 0.717) is 0 Å². The van der Waals surface area contributed by atoms with E-state index in [1.54, 1.807) is 0 Å². The molecule has 1 nitrogen and oxygen atoms in total. The maximum Gasteiger partial charge on any atom is 0.0465 e. The maximum absolute atomic E-state index is 2.47. The minimum atomic E-state index is -0.0969. The fourth-order valence-corrected chi connectivity index (χ4v) is 10.1. The number of benzene rings is 9. The van der Waals surface area contributed by atoms with Gasteiger partial charge in [0.05, 0.1) is 0 Å². The first-order valence-electron chi connectivity index (χ1n) is 19.5. The molecule has 262 valence electrons. The van der Waals surface area contributed by atoms with E-state index in [1.807, 2.05) is 0 Å². The Bertz CT molecular complexity index is 2880. The normalized spacial score (nSPS) is 14.5. The third-order valence-corrected chi connectivity index (χ3v) is 12.9. The summed E-state index contributed by atoms with van der Waals surface area (Å²) in [6.07, 6.45) is 0. The SMILES string of the molecule is CC1(C)c2ccccc2-c2ccc(N(c3ccc(-c4cccc5c6ccccc6c6ccccc6c45)cc3)c3ccc4c(c3)C(C)(C)c3ccccc3-4)cc21. The van der Waals surface area contributed by atoms with Gasteiger partial charge in [0, 0.05) is 27.9 Å². The van der Waals surface area contributed by atoms with E-state index in [4.69, 9.17) is 0 Å². The standard InChI is InChI=1S/C54H41N/c1-53(2)48-22-11-9-17-42(48)44-30-28-36(32-50(44)53)55(37-29-31-45-43-18-10-12-23-49(43)54(3,4)51(45)33-37)35-26-24-34(25-27-35)38-20-13-21-47-41-15-6-5-14-39(41)40-16-7-8-19-46(40)52(38)47/h5-33H,1-4H3. The summed E-state index contributed by atoms with van der Waals surface area (Å²) >= 11 is 0. The first-order valence-corrected chi connectivity index (χ1v) is 19.5. The lowest BCUT2D eigenvalue weighted by Crippen LogP contribution is -2.18. The van der Waals surface area contributed by atoms with Crippen LogP contribution >= 0.6 is 0 Å². The zero-order valence-electron chi connectivity index (χ0n) is 31.7. The van der Waals surface area contributed by atoms with Crippen LogP contribution in [0.25, 0.3) is 65.7 Å². The number of rotatable bonds is 4. The smallest absolute Gasteiger partial charge is 0.0465 e. The van der Waals surface area contributed by atoms with Crippen LogP contribution in [-0.2, 0) is 10.8 Å². The van der Waals surface area contributed by atoms with Crippen LogP contribution in [0.5, 0.6) is 0 Å². The molecule has 55 heavy (non-hydrogen) atoms.